The fourth-order valence-corrected chi connectivity index (χ4v) is 4.63. The number of anilines is 1. The number of nitrogens with one attached hydrogen (secondary N) is 1. The smallest absolute Gasteiger partial charge is 0.264 e. The Labute approximate surface area is 166 Å². The molecule has 0 atom stereocenters. The average Bonchev–Trinajstić information content (AvgIpc) is 3.10. The summed E-state index contributed by atoms with van der Waals surface area (Å²) in [5, 5.41) is 2.99. The molecular weight excluding hydrogens is 386 g/mol. The topological polar surface area (TPSA) is 69.7 Å². The molecule has 0 saturated carbocycles. The number of para-hydroxylation sites is 1. The molecule has 0 bridgehead atoms. The van der Waals surface area contributed by atoms with Gasteiger partial charge in [0, 0.05) is 32.2 Å². The van der Waals surface area contributed by atoms with Crippen molar-refractivity contribution in [2.75, 3.05) is 38.0 Å². The standard InChI is InChI=1S/C19H23N3O3S.ClH/c1-20-11-13-21(2)19(23)16-7-5-8-17(14-16)26(24,25)22-12-10-15-6-3-4-9-18(15)22;/h3-9,14,20H,10-13H2,1-2H3;1H. The third-order valence-electron chi connectivity index (χ3n) is 4.56. The molecule has 27 heavy (non-hydrogen) atoms. The molecule has 2 aromatic carbocycles. The zero-order valence-electron chi connectivity index (χ0n) is 15.4. The molecule has 6 nitrogen and oxygen atoms in total. The Hall–Kier alpha value is -2.09. The molecule has 0 unspecified atom stereocenters. The fourth-order valence-electron chi connectivity index (χ4n) is 3.08. The normalized spacial score (nSPS) is 13.0. The van der Waals surface area contributed by atoms with Gasteiger partial charge in [0.15, 0.2) is 0 Å². The van der Waals surface area contributed by atoms with E-state index in [9.17, 15) is 13.2 Å². The Morgan fingerprint density at radius 2 is 1.93 bits per heavy atom. The molecule has 1 amide bonds. The number of benzene rings is 2. The van der Waals surface area contributed by atoms with Crippen LogP contribution in [0.5, 0.6) is 0 Å². The van der Waals surface area contributed by atoms with Crippen LogP contribution in [0.2, 0.25) is 0 Å². The van der Waals surface area contributed by atoms with Crippen molar-refractivity contribution >= 4 is 34.0 Å². The number of halogens is 1. The molecule has 2 aromatic rings. The monoisotopic (exact) mass is 409 g/mol. The molecule has 0 spiro atoms. The van der Waals surface area contributed by atoms with Gasteiger partial charge in [0.25, 0.3) is 15.9 Å². The van der Waals surface area contributed by atoms with Crippen LogP contribution in [0.4, 0.5) is 5.69 Å². The first kappa shape index (κ1) is 21.2. The molecule has 0 radical (unpaired) electrons. The summed E-state index contributed by atoms with van der Waals surface area (Å²) in [7, 11) is -0.176. The number of likely N-dealkylation sites (N-methyl/N-ethyl adjacent to an activating group) is 2. The maximum Gasteiger partial charge on any atom is 0.264 e. The second-order valence-electron chi connectivity index (χ2n) is 6.31. The zero-order chi connectivity index (χ0) is 18.7. The number of hydrogen-bond acceptors (Lipinski definition) is 4. The van der Waals surface area contributed by atoms with Crippen molar-refractivity contribution in [2.45, 2.75) is 11.3 Å². The van der Waals surface area contributed by atoms with E-state index in [4.69, 9.17) is 0 Å². The third-order valence-corrected chi connectivity index (χ3v) is 6.37. The number of fused-ring (bicyclic) bond motifs is 1. The van der Waals surface area contributed by atoms with E-state index in [1.807, 2.05) is 31.3 Å². The van der Waals surface area contributed by atoms with Crippen LogP contribution in [0.1, 0.15) is 15.9 Å². The number of carbonyl (C=O) groups is 1. The second kappa shape index (κ2) is 8.73. The minimum Gasteiger partial charge on any atom is -0.340 e. The van der Waals surface area contributed by atoms with E-state index in [0.29, 0.717) is 31.6 Å². The van der Waals surface area contributed by atoms with Crippen molar-refractivity contribution in [3.05, 3.63) is 59.7 Å². The SMILES string of the molecule is CNCCN(C)C(=O)c1cccc(S(=O)(=O)N2CCc3ccccc32)c1.Cl. The number of amides is 1. The Bertz CT molecular complexity index is 918. The molecule has 1 aliphatic rings. The maximum absolute atomic E-state index is 13.1. The van der Waals surface area contributed by atoms with Crippen molar-refractivity contribution in [1.82, 2.24) is 10.2 Å². The molecule has 3 rings (SSSR count). The van der Waals surface area contributed by atoms with Crippen LogP contribution >= 0.6 is 12.4 Å². The van der Waals surface area contributed by atoms with Crippen LogP contribution in [0.15, 0.2) is 53.4 Å². The van der Waals surface area contributed by atoms with Crippen LogP contribution in [0, 0.1) is 0 Å². The minimum atomic E-state index is -3.70. The van der Waals surface area contributed by atoms with Gasteiger partial charge in [0.1, 0.15) is 0 Å². The molecule has 1 N–H and O–H groups in total. The summed E-state index contributed by atoms with van der Waals surface area (Å²) < 4.78 is 27.6. The lowest BCUT2D eigenvalue weighted by molar-refractivity contribution is 0.0796. The first-order valence-corrected chi connectivity index (χ1v) is 10.00. The highest BCUT2D eigenvalue weighted by molar-refractivity contribution is 7.92. The lowest BCUT2D eigenvalue weighted by atomic mass is 10.2. The summed E-state index contributed by atoms with van der Waals surface area (Å²) in [5.74, 6) is -0.195. The van der Waals surface area contributed by atoms with Crippen molar-refractivity contribution in [2.24, 2.45) is 0 Å². The van der Waals surface area contributed by atoms with Gasteiger partial charge in [-0.15, -0.1) is 12.4 Å². The van der Waals surface area contributed by atoms with E-state index >= 15 is 0 Å². The molecular formula is C19H24ClN3O3S. The summed E-state index contributed by atoms with van der Waals surface area (Å²) in [6.07, 6.45) is 0.695. The first-order valence-electron chi connectivity index (χ1n) is 8.56. The molecule has 1 heterocycles. The van der Waals surface area contributed by atoms with Gasteiger partial charge in [-0.3, -0.25) is 9.10 Å². The van der Waals surface area contributed by atoms with Crippen LogP contribution in [-0.2, 0) is 16.4 Å². The molecule has 8 heteroatoms. The van der Waals surface area contributed by atoms with E-state index in [1.54, 1.807) is 30.1 Å². The molecule has 0 saturated heterocycles. The molecule has 0 aliphatic carbocycles. The highest BCUT2D eigenvalue weighted by Crippen LogP contribution is 2.32. The molecule has 0 fully saturated rings. The van der Waals surface area contributed by atoms with Crippen molar-refractivity contribution in [3.63, 3.8) is 0 Å². The molecule has 146 valence electrons. The fraction of sp³-hybridized carbons (Fsp3) is 0.316. The van der Waals surface area contributed by atoms with E-state index in [1.165, 1.54) is 10.4 Å². The summed E-state index contributed by atoms with van der Waals surface area (Å²) in [6, 6.07) is 13.8. The summed E-state index contributed by atoms with van der Waals surface area (Å²) >= 11 is 0. The van der Waals surface area contributed by atoms with Crippen molar-refractivity contribution < 1.29 is 13.2 Å². The summed E-state index contributed by atoms with van der Waals surface area (Å²) in [6.45, 7) is 1.64. The maximum atomic E-state index is 13.1. The van der Waals surface area contributed by atoms with Crippen LogP contribution in [0.3, 0.4) is 0 Å². The summed E-state index contributed by atoms with van der Waals surface area (Å²) in [4.78, 5) is 14.3. The Balaban J connectivity index is 0.00000261. The average molecular weight is 410 g/mol. The quantitative estimate of drug-likeness (QED) is 0.793. The number of sulfonamides is 1. The largest absolute Gasteiger partial charge is 0.340 e. The second-order valence-corrected chi connectivity index (χ2v) is 8.18. The summed E-state index contributed by atoms with van der Waals surface area (Å²) in [5.41, 5.74) is 2.11. The molecule has 1 aliphatic heterocycles. The number of hydrogen-bond donors (Lipinski definition) is 1. The number of rotatable bonds is 6. The lowest BCUT2D eigenvalue weighted by Crippen LogP contribution is -2.33. The van der Waals surface area contributed by atoms with Crippen molar-refractivity contribution in [1.29, 1.82) is 0 Å². The lowest BCUT2D eigenvalue weighted by Gasteiger charge is -2.21. The van der Waals surface area contributed by atoms with Gasteiger partial charge < -0.3 is 10.2 Å². The molecule has 0 aromatic heterocycles. The van der Waals surface area contributed by atoms with E-state index in [-0.39, 0.29) is 23.2 Å². The highest BCUT2D eigenvalue weighted by Gasteiger charge is 2.31. The highest BCUT2D eigenvalue weighted by atomic mass is 35.5. The predicted octanol–water partition coefficient (Wildman–Crippen LogP) is 2.15. The van der Waals surface area contributed by atoms with E-state index in [2.05, 4.69) is 5.32 Å². The van der Waals surface area contributed by atoms with Gasteiger partial charge in [-0.2, -0.15) is 0 Å². The number of carbonyl (C=O) groups excluding carboxylic acids is 1. The van der Waals surface area contributed by atoms with Crippen LogP contribution in [-0.4, -0.2) is 53.0 Å². The van der Waals surface area contributed by atoms with Gasteiger partial charge in [0.2, 0.25) is 0 Å². The Kier molecular flexibility index (Phi) is 6.86. The Morgan fingerprint density at radius 3 is 2.67 bits per heavy atom. The predicted molar refractivity (Wildman–Crippen MR) is 109 cm³/mol. The van der Waals surface area contributed by atoms with Crippen LogP contribution in [0.25, 0.3) is 0 Å². The number of nitrogens with zero attached hydrogens (tertiary/aromatic N) is 2. The Morgan fingerprint density at radius 1 is 1.19 bits per heavy atom. The zero-order valence-corrected chi connectivity index (χ0v) is 17.0. The van der Waals surface area contributed by atoms with Crippen molar-refractivity contribution in [3.8, 4) is 0 Å². The van der Waals surface area contributed by atoms with Gasteiger partial charge in [0.05, 0.1) is 10.6 Å². The van der Waals surface area contributed by atoms with Gasteiger partial charge in [-0.25, -0.2) is 8.42 Å². The van der Waals surface area contributed by atoms with Gasteiger partial charge >= 0.3 is 0 Å². The van der Waals surface area contributed by atoms with E-state index < -0.39 is 10.0 Å². The third kappa shape index (κ3) is 4.26. The first-order chi connectivity index (χ1) is 12.4. The van der Waals surface area contributed by atoms with Gasteiger partial charge in [-0.05, 0) is 43.3 Å². The van der Waals surface area contributed by atoms with Gasteiger partial charge in [-0.1, -0.05) is 24.3 Å². The van der Waals surface area contributed by atoms with E-state index in [0.717, 1.165) is 11.3 Å². The van der Waals surface area contributed by atoms with Crippen LogP contribution < -0.4 is 9.62 Å². The minimum absolute atomic E-state index is 0.